The highest BCUT2D eigenvalue weighted by molar-refractivity contribution is 7.12. The third kappa shape index (κ3) is 2.70. The van der Waals surface area contributed by atoms with Gasteiger partial charge < -0.3 is 15.8 Å². The zero-order valence-corrected chi connectivity index (χ0v) is 11.0. The first-order valence-corrected chi connectivity index (χ1v) is 6.66. The molecule has 1 saturated carbocycles. The van der Waals surface area contributed by atoms with Crippen LogP contribution in [0.1, 0.15) is 35.4 Å². The summed E-state index contributed by atoms with van der Waals surface area (Å²) in [6.45, 7) is 0. The van der Waals surface area contributed by atoms with Gasteiger partial charge in [0.1, 0.15) is 4.88 Å². The Morgan fingerprint density at radius 1 is 1.56 bits per heavy atom. The number of ether oxygens (including phenoxy) is 1. The summed E-state index contributed by atoms with van der Waals surface area (Å²) in [7, 11) is 1.32. The van der Waals surface area contributed by atoms with Crippen molar-refractivity contribution < 1.29 is 14.3 Å². The maximum atomic E-state index is 11.8. The van der Waals surface area contributed by atoms with E-state index in [1.807, 2.05) is 0 Å². The van der Waals surface area contributed by atoms with Gasteiger partial charge in [-0.3, -0.25) is 4.79 Å². The fourth-order valence-corrected chi connectivity index (χ4v) is 2.75. The Kier molecular flexibility index (Phi) is 3.68. The first-order valence-electron chi connectivity index (χ1n) is 5.79. The molecule has 1 aliphatic rings. The summed E-state index contributed by atoms with van der Waals surface area (Å²) in [6.07, 6.45) is 3.14. The fourth-order valence-electron chi connectivity index (χ4n) is 1.98. The Morgan fingerprint density at radius 2 is 2.28 bits per heavy atom. The molecule has 1 amide bonds. The molecular weight excluding hydrogens is 252 g/mol. The Hall–Kier alpha value is -1.40. The van der Waals surface area contributed by atoms with Gasteiger partial charge in [-0.05, 0) is 30.7 Å². The Bertz CT molecular complexity index is 466. The molecule has 1 aliphatic carbocycles. The molecule has 18 heavy (non-hydrogen) atoms. The van der Waals surface area contributed by atoms with E-state index < -0.39 is 5.97 Å². The van der Waals surface area contributed by atoms with Crippen molar-refractivity contribution in [1.82, 2.24) is 0 Å². The summed E-state index contributed by atoms with van der Waals surface area (Å²) in [5.41, 5.74) is 6.15. The second-order valence-electron chi connectivity index (χ2n) is 4.60. The van der Waals surface area contributed by atoms with Crippen LogP contribution in [0.15, 0.2) is 11.4 Å². The number of anilines is 1. The lowest BCUT2D eigenvalue weighted by molar-refractivity contribution is -0.118. The average molecular weight is 268 g/mol. The van der Waals surface area contributed by atoms with Gasteiger partial charge in [-0.25, -0.2) is 4.79 Å². The molecule has 3 N–H and O–H groups in total. The van der Waals surface area contributed by atoms with Crippen molar-refractivity contribution >= 4 is 28.9 Å². The quantitative estimate of drug-likeness (QED) is 0.815. The summed E-state index contributed by atoms with van der Waals surface area (Å²) < 4.78 is 4.65. The third-order valence-electron chi connectivity index (χ3n) is 3.17. The van der Waals surface area contributed by atoms with Gasteiger partial charge in [0.05, 0.1) is 12.8 Å². The number of carbonyl (C=O) groups excluding carboxylic acids is 2. The van der Waals surface area contributed by atoms with Crippen LogP contribution in [0.5, 0.6) is 0 Å². The lowest BCUT2D eigenvalue weighted by Gasteiger charge is -2.37. The number of thiophene rings is 1. The molecule has 1 heterocycles. The Labute approximate surface area is 109 Å². The van der Waals surface area contributed by atoms with Crippen molar-refractivity contribution in [2.24, 2.45) is 5.73 Å². The second kappa shape index (κ2) is 5.07. The number of rotatable bonds is 4. The Balaban J connectivity index is 1.99. The first-order chi connectivity index (χ1) is 8.54. The number of nitrogens with one attached hydrogen (secondary N) is 1. The van der Waals surface area contributed by atoms with Crippen molar-refractivity contribution in [2.75, 3.05) is 12.4 Å². The number of carbonyl (C=O) groups is 2. The molecule has 1 aromatic rings. The zero-order valence-electron chi connectivity index (χ0n) is 10.2. The molecule has 0 aliphatic heterocycles. The van der Waals surface area contributed by atoms with Gasteiger partial charge >= 0.3 is 5.97 Å². The van der Waals surface area contributed by atoms with E-state index in [0.717, 1.165) is 19.3 Å². The van der Waals surface area contributed by atoms with Crippen LogP contribution in [-0.2, 0) is 9.53 Å². The largest absolute Gasteiger partial charge is 0.465 e. The maximum Gasteiger partial charge on any atom is 0.350 e. The molecule has 0 bridgehead atoms. The summed E-state index contributed by atoms with van der Waals surface area (Å²) >= 11 is 1.24. The normalized spacial score (nSPS) is 16.8. The topological polar surface area (TPSA) is 81.4 Å². The lowest BCUT2D eigenvalue weighted by atomic mass is 9.75. The van der Waals surface area contributed by atoms with Crippen LogP contribution < -0.4 is 11.1 Å². The van der Waals surface area contributed by atoms with E-state index in [0.29, 0.717) is 17.0 Å². The molecule has 2 rings (SSSR count). The highest BCUT2D eigenvalue weighted by Crippen LogP contribution is 2.32. The van der Waals surface area contributed by atoms with E-state index in [1.165, 1.54) is 18.4 Å². The summed E-state index contributed by atoms with van der Waals surface area (Å²) in [4.78, 5) is 23.7. The predicted octanol–water partition coefficient (Wildman–Crippen LogP) is 1.74. The van der Waals surface area contributed by atoms with Gasteiger partial charge in [0, 0.05) is 12.0 Å². The maximum absolute atomic E-state index is 11.8. The second-order valence-corrected chi connectivity index (χ2v) is 5.51. The standard InChI is InChI=1S/C12H16N2O3S/c1-17-11(16)10-8(3-6-18-10)14-9(15)7-12(13)4-2-5-12/h3,6H,2,4-5,7,13H2,1H3,(H,14,15). The monoisotopic (exact) mass is 268 g/mol. The molecule has 1 aromatic heterocycles. The van der Waals surface area contributed by atoms with E-state index in [-0.39, 0.29) is 11.4 Å². The van der Waals surface area contributed by atoms with Crippen molar-refractivity contribution in [2.45, 2.75) is 31.2 Å². The molecule has 5 nitrogen and oxygen atoms in total. The number of esters is 1. The number of hydrogen-bond donors (Lipinski definition) is 2. The number of hydrogen-bond acceptors (Lipinski definition) is 5. The van der Waals surface area contributed by atoms with Gasteiger partial charge in [0.15, 0.2) is 0 Å². The Morgan fingerprint density at radius 3 is 2.83 bits per heavy atom. The van der Waals surface area contributed by atoms with Crippen molar-refractivity contribution in [3.63, 3.8) is 0 Å². The highest BCUT2D eigenvalue weighted by atomic mass is 32.1. The van der Waals surface area contributed by atoms with Crippen LogP contribution in [0.25, 0.3) is 0 Å². The van der Waals surface area contributed by atoms with Crippen molar-refractivity contribution in [3.8, 4) is 0 Å². The molecule has 0 spiro atoms. The zero-order chi connectivity index (χ0) is 13.2. The molecule has 98 valence electrons. The van der Waals surface area contributed by atoms with Crippen LogP contribution in [0.4, 0.5) is 5.69 Å². The van der Waals surface area contributed by atoms with Gasteiger partial charge in [-0.2, -0.15) is 0 Å². The van der Waals surface area contributed by atoms with Gasteiger partial charge in [-0.1, -0.05) is 0 Å². The molecule has 0 radical (unpaired) electrons. The van der Waals surface area contributed by atoms with Crippen LogP contribution in [-0.4, -0.2) is 24.5 Å². The van der Waals surface area contributed by atoms with E-state index >= 15 is 0 Å². The number of nitrogens with two attached hydrogens (primary N) is 1. The van der Waals surface area contributed by atoms with Crippen LogP contribution in [0.3, 0.4) is 0 Å². The molecule has 6 heteroatoms. The highest BCUT2D eigenvalue weighted by Gasteiger charge is 2.34. The molecule has 0 atom stereocenters. The third-order valence-corrected chi connectivity index (χ3v) is 4.07. The van der Waals surface area contributed by atoms with Gasteiger partial charge in [0.2, 0.25) is 5.91 Å². The molecule has 0 aromatic carbocycles. The fraction of sp³-hybridized carbons (Fsp3) is 0.500. The van der Waals surface area contributed by atoms with Crippen molar-refractivity contribution in [3.05, 3.63) is 16.3 Å². The van der Waals surface area contributed by atoms with Gasteiger partial charge in [0.25, 0.3) is 0 Å². The van der Waals surface area contributed by atoms with E-state index in [2.05, 4.69) is 10.1 Å². The van der Waals surface area contributed by atoms with Crippen LogP contribution >= 0.6 is 11.3 Å². The minimum atomic E-state index is -0.439. The predicted molar refractivity (Wildman–Crippen MR) is 69.7 cm³/mol. The smallest absolute Gasteiger partial charge is 0.350 e. The van der Waals surface area contributed by atoms with Gasteiger partial charge in [-0.15, -0.1) is 11.3 Å². The van der Waals surface area contributed by atoms with Crippen LogP contribution in [0.2, 0.25) is 0 Å². The van der Waals surface area contributed by atoms with E-state index in [9.17, 15) is 9.59 Å². The van der Waals surface area contributed by atoms with Crippen molar-refractivity contribution in [1.29, 1.82) is 0 Å². The molecular formula is C12H16N2O3S. The average Bonchev–Trinajstić information content (AvgIpc) is 2.73. The lowest BCUT2D eigenvalue weighted by Crippen LogP contribution is -2.48. The first kappa shape index (κ1) is 13.0. The molecule has 0 saturated heterocycles. The van der Waals surface area contributed by atoms with Crippen LogP contribution in [0, 0.1) is 0 Å². The SMILES string of the molecule is COC(=O)c1sccc1NC(=O)CC1(N)CCC1. The molecule has 0 unspecified atom stereocenters. The summed E-state index contributed by atoms with van der Waals surface area (Å²) in [6, 6.07) is 1.69. The summed E-state index contributed by atoms with van der Waals surface area (Å²) in [5, 5.41) is 4.46. The van der Waals surface area contributed by atoms with E-state index in [1.54, 1.807) is 11.4 Å². The van der Waals surface area contributed by atoms with E-state index in [4.69, 9.17) is 5.73 Å². The summed E-state index contributed by atoms with van der Waals surface area (Å²) in [5.74, 6) is -0.591. The molecule has 1 fully saturated rings. The minimum absolute atomic E-state index is 0.152. The number of methoxy groups -OCH3 is 1. The number of amides is 1. The minimum Gasteiger partial charge on any atom is -0.465 e.